The summed E-state index contributed by atoms with van der Waals surface area (Å²) in [6, 6.07) is 38.1. The highest BCUT2D eigenvalue weighted by molar-refractivity contribution is 7.90. The Hall–Kier alpha value is -10.9. The van der Waals surface area contributed by atoms with Gasteiger partial charge in [-0.25, -0.2) is 36.2 Å². The summed E-state index contributed by atoms with van der Waals surface area (Å²) in [4.78, 5) is 74.4. The standard InChI is InChI=1S/C45H47ClN6O7S.C44H47ClN6O8S/c1-45(2)13-11-31(39(24-45)29-5-7-33(46)8-6-29)26-50-15-17-51(18-16-50)34-9-10-37(42(21-34)59-35-19-30-12-14-47-43(30)48-25-35)44(53)49-60(56,57)36-22-40(52(54)55)38-20-32(28-3-4-28)27-58-41(38)23-36;1-44(2)12-10-31(38(23-44)29-4-6-32(45)7-5-29)25-49-14-16-50(17-15-49)33-8-9-36(41(20-33)59-34-19-30-11-13-46-42(30)47-24-34)43(52)48-60(55,56)35-21-39(51(53)54)37-18-28(26-57-3)27-58-40(37)22-35/h5-10,12,14,19,21-23,25,28,32H,3-4,11,13,15-18,20,24,26-27H2,1-2H3,(H,47,48)(H,49,53);4-9,11,13,19-22,24,28H,10,12,14-18,23,25-27H2,1-3H3,(H,46,47)(H,48,52)/t32-;28-/m01/s1. The van der Waals surface area contributed by atoms with Gasteiger partial charge in [-0.3, -0.25) is 39.6 Å². The molecule has 3 aliphatic carbocycles. The van der Waals surface area contributed by atoms with Crippen molar-refractivity contribution in [2.45, 2.75) is 102 Å². The van der Waals surface area contributed by atoms with Crippen molar-refractivity contribution in [1.82, 2.24) is 39.2 Å². The number of hydrogen-bond acceptors (Lipinski definition) is 21. The number of benzene rings is 6. The van der Waals surface area contributed by atoms with Crippen LogP contribution in [0.3, 0.4) is 0 Å². The topological polar surface area (TPSA) is 329 Å². The van der Waals surface area contributed by atoms with Gasteiger partial charge in [-0.05, 0) is 176 Å². The highest BCUT2D eigenvalue weighted by Gasteiger charge is 2.40. The van der Waals surface area contributed by atoms with Crippen LogP contribution >= 0.6 is 23.2 Å². The number of nitro groups is 2. The number of nitrogens with zero attached hydrogens (tertiary/aromatic N) is 8. The predicted octanol–water partition coefficient (Wildman–Crippen LogP) is 16.8. The number of H-pyrrole nitrogens is 2. The molecule has 31 heteroatoms. The minimum atomic E-state index is -4.62. The molecule has 10 aromatic rings. The fraction of sp³-hybridized carbons (Fsp3) is 0.371. The molecular formula is C89H94Cl2N12O15S2. The summed E-state index contributed by atoms with van der Waals surface area (Å²) < 4.78 is 88.8. The smallest absolute Gasteiger partial charge is 0.277 e. The molecule has 120 heavy (non-hydrogen) atoms. The molecule has 7 aliphatic rings. The number of piperazine rings is 2. The van der Waals surface area contributed by atoms with E-state index in [1.165, 1.54) is 71.1 Å². The molecule has 2 amide bonds. The Morgan fingerprint density at radius 2 is 0.992 bits per heavy atom. The molecule has 3 fully saturated rings. The van der Waals surface area contributed by atoms with Crippen LogP contribution in [0.2, 0.25) is 10.0 Å². The number of carbonyl (C=O) groups excluding carboxylic acids is 2. The zero-order chi connectivity index (χ0) is 83.9. The lowest BCUT2D eigenvalue weighted by Gasteiger charge is -2.39. The van der Waals surface area contributed by atoms with E-state index in [4.69, 9.17) is 46.9 Å². The number of nitro benzene ring substituents is 2. The molecule has 27 nitrogen and oxygen atoms in total. The molecular weight excluding hydrogens is 1610 g/mol. The second kappa shape index (κ2) is 34.3. The first-order valence-corrected chi connectivity index (χ1v) is 44.2. The third-order valence-corrected chi connectivity index (χ3v) is 27.2. The monoisotopic (exact) mass is 1700 g/mol. The minimum Gasteiger partial charge on any atom is -0.493 e. The Balaban J connectivity index is 0.000000179. The van der Waals surface area contributed by atoms with Gasteiger partial charge in [-0.1, -0.05) is 86.3 Å². The van der Waals surface area contributed by atoms with E-state index in [9.17, 15) is 46.7 Å². The van der Waals surface area contributed by atoms with Crippen molar-refractivity contribution in [3.63, 3.8) is 0 Å². The summed E-state index contributed by atoms with van der Waals surface area (Å²) in [5.41, 5.74) is 11.4. The molecule has 0 bridgehead atoms. The first-order chi connectivity index (χ1) is 57.5. The average molecular weight is 1710 g/mol. The first kappa shape index (κ1) is 82.8. The van der Waals surface area contributed by atoms with Crippen LogP contribution in [-0.4, -0.2) is 161 Å². The number of anilines is 2. The molecule has 17 rings (SSSR count). The lowest BCUT2D eigenvalue weighted by atomic mass is 9.72. The maximum absolute atomic E-state index is 14.0. The largest absolute Gasteiger partial charge is 0.493 e. The number of amides is 2. The van der Waals surface area contributed by atoms with Crippen LogP contribution in [0.4, 0.5) is 22.7 Å². The van der Waals surface area contributed by atoms with E-state index < -0.39 is 57.2 Å². The van der Waals surface area contributed by atoms with E-state index in [-0.39, 0.29) is 81.1 Å². The lowest BCUT2D eigenvalue weighted by Crippen LogP contribution is -2.47. The van der Waals surface area contributed by atoms with Gasteiger partial charge in [0, 0.05) is 165 Å². The number of methoxy groups -OCH3 is 1. The SMILES string of the molecule is CC1(C)CCC(CN2CCN(c3ccc(C(=O)NS(=O)(=O)c4cc5c(c([N+](=O)[O-])c4)C[C@H](C4CC4)CO5)c(Oc4cnc5[nH]ccc5c4)c3)CC2)=C(c2ccc(Cl)cc2)C1.COC[C@@H]1COc2cc(S(=O)(=O)NC(=O)c3ccc(N4CCN(CC5=C(c6ccc(Cl)cc6)CC(C)(C)CC5)CC4)cc3Oc3cnc4[nH]ccc4c3)cc([N+](=O)[O-])c2C1. The van der Waals surface area contributed by atoms with E-state index in [2.05, 4.69) is 101 Å². The summed E-state index contributed by atoms with van der Waals surface area (Å²) in [6.07, 6.45) is 15.8. The fourth-order valence-corrected chi connectivity index (χ4v) is 19.5. The van der Waals surface area contributed by atoms with Crippen LogP contribution in [0.25, 0.3) is 33.2 Å². The fourth-order valence-electron chi connectivity index (χ4n) is 17.2. The van der Waals surface area contributed by atoms with Crippen molar-refractivity contribution in [1.29, 1.82) is 0 Å². The molecule has 4 aliphatic heterocycles. The Labute approximate surface area is 705 Å². The van der Waals surface area contributed by atoms with Crippen LogP contribution in [0.5, 0.6) is 34.5 Å². The number of sulfonamides is 2. The van der Waals surface area contributed by atoms with Gasteiger partial charge in [-0.2, -0.15) is 0 Å². The summed E-state index contributed by atoms with van der Waals surface area (Å²) in [6.45, 7) is 18.1. The van der Waals surface area contributed by atoms with Crippen molar-refractivity contribution in [3.8, 4) is 34.5 Å². The zero-order valence-electron chi connectivity index (χ0n) is 67.3. The van der Waals surface area contributed by atoms with Crippen LogP contribution in [-0.2, 0) is 37.6 Å². The maximum atomic E-state index is 14.0. The van der Waals surface area contributed by atoms with Crippen LogP contribution in [0, 0.1) is 48.8 Å². The molecule has 2 saturated heterocycles. The van der Waals surface area contributed by atoms with E-state index in [1.54, 1.807) is 54.9 Å². The molecule has 6 aromatic carbocycles. The van der Waals surface area contributed by atoms with Gasteiger partial charge >= 0.3 is 0 Å². The molecule has 8 heterocycles. The van der Waals surface area contributed by atoms with Gasteiger partial charge in [0.05, 0.1) is 74.1 Å². The second-order valence-corrected chi connectivity index (χ2v) is 38.0. The number of fused-ring (bicyclic) bond motifs is 4. The van der Waals surface area contributed by atoms with Crippen LogP contribution in [0.1, 0.15) is 122 Å². The molecule has 2 atom stereocenters. The third-order valence-electron chi connectivity index (χ3n) is 24.0. The van der Waals surface area contributed by atoms with Crippen molar-refractivity contribution < 1.29 is 60.0 Å². The summed E-state index contributed by atoms with van der Waals surface area (Å²) in [5.74, 6) is -0.279. The van der Waals surface area contributed by atoms with Crippen molar-refractivity contribution in [2.24, 2.45) is 28.6 Å². The number of ether oxygens (including phenoxy) is 5. The lowest BCUT2D eigenvalue weighted by molar-refractivity contribution is -0.386. The van der Waals surface area contributed by atoms with Crippen molar-refractivity contribution in [3.05, 3.63) is 233 Å². The molecule has 0 unspecified atom stereocenters. The highest BCUT2D eigenvalue weighted by Crippen LogP contribution is 2.49. The zero-order valence-corrected chi connectivity index (χ0v) is 70.4. The average Bonchev–Trinajstić information content (AvgIpc) is 0.897. The molecule has 4 aromatic heterocycles. The van der Waals surface area contributed by atoms with Crippen LogP contribution in [0.15, 0.2) is 179 Å². The number of nitrogens with one attached hydrogen (secondary N) is 4. The van der Waals surface area contributed by atoms with Gasteiger partial charge in [0.25, 0.3) is 43.2 Å². The Morgan fingerprint density at radius 3 is 1.42 bits per heavy atom. The summed E-state index contributed by atoms with van der Waals surface area (Å²) >= 11 is 12.5. The number of aromatic amines is 2. The molecule has 4 N–H and O–H groups in total. The van der Waals surface area contributed by atoms with Gasteiger partial charge in [0.15, 0.2) is 0 Å². The van der Waals surface area contributed by atoms with Gasteiger partial charge in [0.2, 0.25) is 0 Å². The normalized spacial score (nSPS) is 18.8. The third kappa shape index (κ3) is 18.8. The second-order valence-electron chi connectivity index (χ2n) is 33.8. The van der Waals surface area contributed by atoms with E-state index >= 15 is 0 Å². The summed E-state index contributed by atoms with van der Waals surface area (Å²) in [5, 5.41) is 27.3. The first-order valence-electron chi connectivity index (χ1n) is 40.4. The van der Waals surface area contributed by atoms with E-state index in [0.29, 0.717) is 53.9 Å². The number of rotatable bonds is 23. The van der Waals surface area contributed by atoms with Gasteiger partial charge < -0.3 is 43.5 Å². The van der Waals surface area contributed by atoms with Crippen molar-refractivity contribution >= 4 is 111 Å². The Morgan fingerprint density at radius 1 is 0.558 bits per heavy atom. The molecule has 626 valence electrons. The number of hydrogen-bond donors (Lipinski definition) is 4. The highest BCUT2D eigenvalue weighted by atomic mass is 35.5. The minimum absolute atomic E-state index is 0.0343. The van der Waals surface area contributed by atoms with Gasteiger partial charge in [-0.15, -0.1) is 0 Å². The molecule has 1 saturated carbocycles. The Kier molecular flexibility index (Phi) is 23.7. The van der Waals surface area contributed by atoms with Crippen LogP contribution < -0.4 is 38.2 Å². The summed E-state index contributed by atoms with van der Waals surface area (Å²) in [7, 11) is -7.68. The quantitative estimate of drug-likeness (QED) is 0.0341. The number of allylic oxidation sites excluding steroid dienone is 2. The van der Waals surface area contributed by atoms with Crippen molar-refractivity contribution in [2.75, 3.05) is 102 Å². The number of carbonyl (C=O) groups is 2. The maximum Gasteiger partial charge on any atom is 0.277 e. The van der Waals surface area contributed by atoms with E-state index in [0.717, 1.165) is 161 Å². The number of aromatic nitrogens is 4. The Bertz CT molecular complexity index is 5940. The molecule has 0 radical (unpaired) electrons. The van der Waals surface area contributed by atoms with E-state index in [1.807, 2.05) is 36.4 Å². The number of pyridine rings is 2. The predicted molar refractivity (Wildman–Crippen MR) is 460 cm³/mol. The van der Waals surface area contributed by atoms with Gasteiger partial charge in [0.1, 0.15) is 45.8 Å². The molecule has 0 spiro atoms. The number of halogens is 2.